The Balaban J connectivity index is 2.34. The molecule has 0 spiro atoms. The molecule has 0 aromatic rings. The second kappa shape index (κ2) is 5.52. The predicted octanol–water partition coefficient (Wildman–Crippen LogP) is 3.04. The summed E-state index contributed by atoms with van der Waals surface area (Å²) in [7, 11) is 0. The van der Waals surface area contributed by atoms with Crippen molar-refractivity contribution in [3.05, 3.63) is 36.0 Å². The van der Waals surface area contributed by atoms with Gasteiger partial charge in [0.25, 0.3) is 0 Å². The number of rotatable bonds is 3. The van der Waals surface area contributed by atoms with E-state index in [1.54, 1.807) is 6.08 Å². The molecule has 0 aliphatic heterocycles. The molecule has 0 heterocycles. The van der Waals surface area contributed by atoms with Crippen LogP contribution in [0, 0.1) is 5.92 Å². The van der Waals surface area contributed by atoms with Crippen LogP contribution in [0.1, 0.15) is 26.2 Å². The maximum absolute atomic E-state index is 9.97. The number of allylic oxidation sites excluding steroid dienone is 6. The van der Waals surface area contributed by atoms with Crippen LogP contribution in [-0.4, -0.2) is 6.29 Å². The molecule has 1 aliphatic rings. The van der Waals surface area contributed by atoms with Crippen LogP contribution in [0.2, 0.25) is 0 Å². The highest BCUT2D eigenvalue weighted by Crippen LogP contribution is 2.23. The Morgan fingerprint density at radius 2 is 2.23 bits per heavy atom. The van der Waals surface area contributed by atoms with Gasteiger partial charge in [0.15, 0.2) is 0 Å². The van der Waals surface area contributed by atoms with Gasteiger partial charge >= 0.3 is 0 Å². The van der Waals surface area contributed by atoms with Gasteiger partial charge in [0, 0.05) is 0 Å². The average molecular weight is 176 g/mol. The van der Waals surface area contributed by atoms with Crippen molar-refractivity contribution in [2.24, 2.45) is 5.92 Å². The molecule has 0 amide bonds. The van der Waals surface area contributed by atoms with Crippen LogP contribution in [0.25, 0.3) is 0 Å². The summed E-state index contributed by atoms with van der Waals surface area (Å²) in [6, 6.07) is 0. The lowest BCUT2D eigenvalue weighted by atomic mass is 9.90. The van der Waals surface area contributed by atoms with Gasteiger partial charge in [-0.05, 0) is 38.2 Å². The first-order valence-corrected chi connectivity index (χ1v) is 4.77. The highest BCUT2D eigenvalue weighted by Gasteiger charge is 2.07. The van der Waals surface area contributed by atoms with Crippen LogP contribution in [0.4, 0.5) is 0 Å². The second-order valence-corrected chi connectivity index (χ2v) is 3.49. The van der Waals surface area contributed by atoms with Crippen LogP contribution < -0.4 is 0 Å². The predicted molar refractivity (Wildman–Crippen MR) is 55.4 cm³/mol. The van der Waals surface area contributed by atoms with Crippen LogP contribution >= 0.6 is 0 Å². The molecule has 0 aromatic carbocycles. The Labute approximate surface area is 79.8 Å². The second-order valence-electron chi connectivity index (χ2n) is 3.49. The topological polar surface area (TPSA) is 17.1 Å². The summed E-state index contributed by atoms with van der Waals surface area (Å²) in [5, 5.41) is 0. The van der Waals surface area contributed by atoms with E-state index in [0.29, 0.717) is 5.92 Å². The monoisotopic (exact) mass is 176 g/mol. The minimum Gasteiger partial charge on any atom is -0.299 e. The van der Waals surface area contributed by atoms with Gasteiger partial charge in [0.2, 0.25) is 0 Å². The summed E-state index contributed by atoms with van der Waals surface area (Å²) >= 11 is 0. The molecule has 1 heteroatoms. The van der Waals surface area contributed by atoms with Gasteiger partial charge < -0.3 is 0 Å². The molecule has 70 valence electrons. The van der Waals surface area contributed by atoms with E-state index in [1.807, 2.05) is 6.08 Å². The zero-order valence-corrected chi connectivity index (χ0v) is 8.07. The van der Waals surface area contributed by atoms with Crippen molar-refractivity contribution in [2.75, 3.05) is 0 Å². The summed E-state index contributed by atoms with van der Waals surface area (Å²) < 4.78 is 0. The maximum Gasteiger partial charge on any atom is 0.142 e. The Morgan fingerprint density at radius 3 is 2.85 bits per heavy atom. The first-order chi connectivity index (χ1) is 6.33. The molecule has 13 heavy (non-hydrogen) atoms. The van der Waals surface area contributed by atoms with E-state index in [0.717, 1.165) is 12.7 Å². The molecule has 0 aromatic heterocycles. The van der Waals surface area contributed by atoms with Gasteiger partial charge in [-0.1, -0.05) is 29.9 Å². The highest BCUT2D eigenvalue weighted by molar-refractivity contribution is 5.65. The number of hydrogen-bond acceptors (Lipinski definition) is 1. The lowest BCUT2D eigenvalue weighted by molar-refractivity contribution is -0.104. The maximum atomic E-state index is 9.97. The fourth-order valence-electron chi connectivity index (χ4n) is 1.49. The average Bonchev–Trinajstić information content (AvgIpc) is 2.15. The Kier molecular flexibility index (Phi) is 4.24. The van der Waals surface area contributed by atoms with Crippen molar-refractivity contribution >= 4 is 6.29 Å². The van der Waals surface area contributed by atoms with Gasteiger partial charge in [0.05, 0.1) is 0 Å². The van der Waals surface area contributed by atoms with E-state index in [-0.39, 0.29) is 0 Å². The Morgan fingerprint density at radius 1 is 1.38 bits per heavy atom. The Bertz CT molecular complexity index is 246. The first-order valence-electron chi connectivity index (χ1n) is 4.77. The SMILES string of the molecule is CC1=CCC(/C=C/C=C/C=O)CC1. The van der Waals surface area contributed by atoms with Crippen LogP contribution in [-0.2, 0) is 4.79 Å². The first kappa shape index (κ1) is 9.97. The minimum atomic E-state index is 0.667. The normalized spacial score (nSPS) is 23.8. The lowest BCUT2D eigenvalue weighted by Crippen LogP contribution is -2.00. The van der Waals surface area contributed by atoms with Crippen molar-refractivity contribution in [3.8, 4) is 0 Å². The summed E-state index contributed by atoms with van der Waals surface area (Å²) in [5.74, 6) is 0.667. The third-order valence-electron chi connectivity index (χ3n) is 2.36. The molecular formula is C12H16O. The zero-order valence-electron chi connectivity index (χ0n) is 8.07. The molecule has 0 N–H and O–H groups in total. The number of aldehydes is 1. The number of carbonyl (C=O) groups excluding carboxylic acids is 1. The van der Waals surface area contributed by atoms with E-state index in [2.05, 4.69) is 19.1 Å². The molecule has 0 radical (unpaired) electrons. The van der Waals surface area contributed by atoms with E-state index < -0.39 is 0 Å². The van der Waals surface area contributed by atoms with E-state index in [4.69, 9.17) is 0 Å². The molecule has 0 fully saturated rings. The summed E-state index contributed by atoms with van der Waals surface area (Å²) in [4.78, 5) is 9.97. The van der Waals surface area contributed by atoms with Gasteiger partial charge in [-0.15, -0.1) is 0 Å². The zero-order chi connectivity index (χ0) is 9.52. The van der Waals surface area contributed by atoms with Crippen LogP contribution in [0.15, 0.2) is 36.0 Å². The summed E-state index contributed by atoms with van der Waals surface area (Å²) in [6.07, 6.45) is 14.2. The molecule has 1 nitrogen and oxygen atoms in total. The van der Waals surface area contributed by atoms with E-state index >= 15 is 0 Å². The number of hydrogen-bond donors (Lipinski definition) is 0. The van der Waals surface area contributed by atoms with Gasteiger partial charge in [-0.2, -0.15) is 0 Å². The van der Waals surface area contributed by atoms with Gasteiger partial charge in [0.1, 0.15) is 6.29 Å². The Hall–Kier alpha value is -1.11. The fourth-order valence-corrected chi connectivity index (χ4v) is 1.49. The molecule has 1 atom stereocenters. The third kappa shape index (κ3) is 3.88. The largest absolute Gasteiger partial charge is 0.299 e. The quantitative estimate of drug-likeness (QED) is 0.279. The van der Waals surface area contributed by atoms with Gasteiger partial charge in [-0.25, -0.2) is 0 Å². The summed E-state index contributed by atoms with van der Waals surface area (Å²) in [5.41, 5.74) is 1.51. The van der Waals surface area contributed by atoms with Crippen molar-refractivity contribution < 1.29 is 4.79 Å². The highest BCUT2D eigenvalue weighted by atomic mass is 16.1. The van der Waals surface area contributed by atoms with Crippen LogP contribution in [0.5, 0.6) is 0 Å². The van der Waals surface area contributed by atoms with E-state index in [9.17, 15) is 4.79 Å². The van der Waals surface area contributed by atoms with Crippen molar-refractivity contribution in [1.29, 1.82) is 0 Å². The molecule has 0 saturated heterocycles. The minimum absolute atomic E-state index is 0.667. The number of carbonyl (C=O) groups is 1. The lowest BCUT2D eigenvalue weighted by Gasteiger charge is -2.16. The molecule has 0 saturated carbocycles. The fraction of sp³-hybridized carbons (Fsp3) is 0.417. The van der Waals surface area contributed by atoms with Crippen molar-refractivity contribution in [1.82, 2.24) is 0 Å². The van der Waals surface area contributed by atoms with Crippen LogP contribution in [0.3, 0.4) is 0 Å². The van der Waals surface area contributed by atoms with E-state index in [1.165, 1.54) is 24.5 Å². The molecule has 0 bridgehead atoms. The molecular weight excluding hydrogens is 160 g/mol. The van der Waals surface area contributed by atoms with Crippen molar-refractivity contribution in [3.63, 3.8) is 0 Å². The molecule has 1 aliphatic carbocycles. The third-order valence-corrected chi connectivity index (χ3v) is 2.36. The standard InChI is InChI=1S/C12H16O/c1-11-6-8-12(9-7-11)5-3-2-4-10-13/h2-6,10,12H,7-9H2,1H3/b4-2+,5-3+. The van der Waals surface area contributed by atoms with Crippen molar-refractivity contribution in [2.45, 2.75) is 26.2 Å². The molecule has 1 rings (SSSR count). The summed E-state index contributed by atoms with van der Waals surface area (Å²) in [6.45, 7) is 2.19. The smallest absolute Gasteiger partial charge is 0.142 e. The van der Waals surface area contributed by atoms with Gasteiger partial charge in [-0.3, -0.25) is 4.79 Å². The molecule has 1 unspecified atom stereocenters.